The van der Waals surface area contributed by atoms with Gasteiger partial charge in [0.15, 0.2) is 0 Å². The van der Waals surface area contributed by atoms with Crippen LogP contribution in [0.5, 0.6) is 0 Å². The summed E-state index contributed by atoms with van der Waals surface area (Å²) in [5.74, 6) is -0.698. The SMILES string of the molecule is CCOC(=O)C1C2CC(CC2O)N1C(=O)OC(C)(C)C. The van der Waals surface area contributed by atoms with E-state index in [1.807, 2.05) is 0 Å². The molecule has 1 heterocycles. The normalized spacial score (nSPS) is 32.4. The molecular weight excluding hydrogens is 262 g/mol. The molecule has 20 heavy (non-hydrogen) atoms. The maximum atomic E-state index is 12.3. The van der Waals surface area contributed by atoms with Crippen molar-refractivity contribution in [3.05, 3.63) is 0 Å². The Bertz CT molecular complexity index is 403. The van der Waals surface area contributed by atoms with E-state index in [9.17, 15) is 14.7 Å². The number of aliphatic hydroxyl groups excluding tert-OH is 1. The lowest BCUT2D eigenvalue weighted by atomic mass is 9.96. The third kappa shape index (κ3) is 2.75. The van der Waals surface area contributed by atoms with Crippen molar-refractivity contribution in [1.82, 2.24) is 4.90 Å². The average Bonchev–Trinajstić information content (AvgIpc) is 2.82. The predicted molar refractivity (Wildman–Crippen MR) is 71.0 cm³/mol. The number of aliphatic hydroxyl groups is 1. The number of rotatable bonds is 2. The fourth-order valence-corrected chi connectivity index (χ4v) is 3.11. The van der Waals surface area contributed by atoms with E-state index >= 15 is 0 Å². The van der Waals surface area contributed by atoms with Gasteiger partial charge < -0.3 is 14.6 Å². The van der Waals surface area contributed by atoms with Crippen LogP contribution in [0, 0.1) is 5.92 Å². The molecule has 4 atom stereocenters. The van der Waals surface area contributed by atoms with Gasteiger partial charge in [0, 0.05) is 12.0 Å². The van der Waals surface area contributed by atoms with Gasteiger partial charge in [0.25, 0.3) is 0 Å². The second-order valence-electron chi connectivity index (χ2n) is 6.44. The summed E-state index contributed by atoms with van der Waals surface area (Å²) in [5, 5.41) is 9.95. The molecule has 1 N–H and O–H groups in total. The summed E-state index contributed by atoms with van der Waals surface area (Å²) < 4.78 is 10.4. The Morgan fingerprint density at radius 2 is 1.95 bits per heavy atom. The molecule has 1 amide bonds. The van der Waals surface area contributed by atoms with Crippen molar-refractivity contribution < 1.29 is 24.2 Å². The summed E-state index contributed by atoms with van der Waals surface area (Å²) in [4.78, 5) is 25.8. The molecule has 2 bridgehead atoms. The van der Waals surface area contributed by atoms with Gasteiger partial charge in [-0.3, -0.25) is 4.90 Å². The van der Waals surface area contributed by atoms with Crippen molar-refractivity contribution >= 4 is 12.1 Å². The lowest BCUT2D eigenvalue weighted by Gasteiger charge is -2.36. The summed E-state index contributed by atoms with van der Waals surface area (Å²) >= 11 is 0. The third-order valence-electron chi connectivity index (χ3n) is 3.78. The number of esters is 1. The summed E-state index contributed by atoms with van der Waals surface area (Å²) in [6, 6.07) is -0.863. The minimum atomic E-state index is -0.724. The van der Waals surface area contributed by atoms with Gasteiger partial charge in [-0.15, -0.1) is 0 Å². The van der Waals surface area contributed by atoms with E-state index in [0.29, 0.717) is 12.8 Å². The Labute approximate surface area is 119 Å². The van der Waals surface area contributed by atoms with Crippen molar-refractivity contribution in [2.75, 3.05) is 6.61 Å². The van der Waals surface area contributed by atoms with E-state index in [2.05, 4.69) is 0 Å². The van der Waals surface area contributed by atoms with Gasteiger partial charge in [0.2, 0.25) is 0 Å². The number of hydrogen-bond donors (Lipinski definition) is 1. The van der Waals surface area contributed by atoms with Crippen molar-refractivity contribution in [3.8, 4) is 0 Å². The van der Waals surface area contributed by atoms with Crippen LogP contribution < -0.4 is 0 Å². The monoisotopic (exact) mass is 285 g/mol. The summed E-state index contributed by atoms with van der Waals surface area (Å²) in [7, 11) is 0. The number of amides is 1. The van der Waals surface area contributed by atoms with E-state index < -0.39 is 29.8 Å². The first kappa shape index (κ1) is 15.1. The molecule has 114 valence electrons. The first-order valence-electron chi connectivity index (χ1n) is 7.10. The molecular formula is C14H23NO5. The maximum Gasteiger partial charge on any atom is 0.411 e. The molecule has 2 rings (SSSR count). The molecule has 0 aromatic heterocycles. The number of piperidine rings is 1. The second-order valence-corrected chi connectivity index (χ2v) is 6.44. The lowest BCUT2D eigenvalue weighted by Crippen LogP contribution is -2.54. The molecule has 0 aromatic carbocycles. The zero-order valence-corrected chi connectivity index (χ0v) is 12.5. The molecule has 2 fully saturated rings. The maximum absolute atomic E-state index is 12.3. The standard InChI is InChI=1S/C14H23NO5/c1-5-19-12(17)11-9-6-8(7-10(9)16)15(11)13(18)20-14(2,3)4/h8-11,16H,5-7H2,1-4H3. The Morgan fingerprint density at radius 1 is 1.30 bits per heavy atom. The van der Waals surface area contributed by atoms with E-state index in [1.54, 1.807) is 27.7 Å². The highest BCUT2D eigenvalue weighted by atomic mass is 16.6. The predicted octanol–water partition coefficient (Wildman–Crippen LogP) is 1.31. The fraction of sp³-hybridized carbons (Fsp3) is 0.857. The minimum absolute atomic E-state index is 0.140. The number of nitrogens with zero attached hydrogens (tertiary/aromatic N) is 1. The number of likely N-dealkylation sites (tertiary alicyclic amines) is 1. The topological polar surface area (TPSA) is 76.1 Å². The van der Waals surface area contributed by atoms with Crippen LogP contribution in [0.15, 0.2) is 0 Å². The van der Waals surface area contributed by atoms with Gasteiger partial charge in [-0.05, 0) is 40.5 Å². The van der Waals surface area contributed by atoms with E-state index in [4.69, 9.17) is 9.47 Å². The summed E-state index contributed by atoms with van der Waals surface area (Å²) in [6.07, 6.45) is 0.0759. The largest absolute Gasteiger partial charge is 0.464 e. The van der Waals surface area contributed by atoms with Crippen molar-refractivity contribution in [2.45, 2.75) is 64.3 Å². The number of carbonyl (C=O) groups is 2. The molecule has 1 aliphatic carbocycles. The molecule has 1 aliphatic heterocycles. The van der Waals surface area contributed by atoms with E-state index in [1.165, 1.54) is 4.90 Å². The van der Waals surface area contributed by atoms with Crippen molar-refractivity contribution in [3.63, 3.8) is 0 Å². The third-order valence-corrected chi connectivity index (χ3v) is 3.78. The number of carbonyl (C=O) groups excluding carboxylic acids is 2. The Hall–Kier alpha value is -1.30. The first-order chi connectivity index (χ1) is 9.24. The number of ether oxygens (including phenoxy) is 2. The van der Waals surface area contributed by atoms with Crippen LogP contribution in [-0.4, -0.2) is 52.5 Å². The molecule has 6 nitrogen and oxygen atoms in total. The zero-order chi connectivity index (χ0) is 15.1. The van der Waals surface area contributed by atoms with Crippen molar-refractivity contribution in [1.29, 1.82) is 0 Å². The van der Waals surface area contributed by atoms with Crippen LogP contribution in [0.2, 0.25) is 0 Å². The Morgan fingerprint density at radius 3 is 2.50 bits per heavy atom. The molecule has 0 aromatic rings. The highest BCUT2D eigenvalue weighted by Crippen LogP contribution is 2.43. The first-order valence-corrected chi connectivity index (χ1v) is 7.10. The molecule has 1 saturated heterocycles. The van der Waals surface area contributed by atoms with E-state index in [-0.39, 0.29) is 18.6 Å². The highest BCUT2D eigenvalue weighted by molar-refractivity contribution is 5.83. The molecule has 2 aliphatic rings. The Balaban J connectivity index is 2.17. The lowest BCUT2D eigenvalue weighted by molar-refractivity contribution is -0.153. The molecule has 4 unspecified atom stereocenters. The van der Waals surface area contributed by atoms with Gasteiger partial charge in [0.1, 0.15) is 11.6 Å². The highest BCUT2D eigenvalue weighted by Gasteiger charge is 2.57. The van der Waals surface area contributed by atoms with Crippen LogP contribution in [0.4, 0.5) is 4.79 Å². The smallest absolute Gasteiger partial charge is 0.411 e. The summed E-state index contributed by atoms with van der Waals surface area (Å²) in [6.45, 7) is 7.33. The van der Waals surface area contributed by atoms with Crippen LogP contribution in [0.1, 0.15) is 40.5 Å². The number of hydrogen-bond acceptors (Lipinski definition) is 5. The fourth-order valence-electron chi connectivity index (χ4n) is 3.11. The van der Waals surface area contributed by atoms with Crippen LogP contribution in [0.3, 0.4) is 0 Å². The van der Waals surface area contributed by atoms with Gasteiger partial charge >= 0.3 is 12.1 Å². The van der Waals surface area contributed by atoms with Gasteiger partial charge in [-0.1, -0.05) is 0 Å². The van der Waals surface area contributed by atoms with E-state index in [0.717, 1.165) is 0 Å². The zero-order valence-electron chi connectivity index (χ0n) is 12.5. The van der Waals surface area contributed by atoms with Crippen LogP contribution in [-0.2, 0) is 14.3 Å². The molecule has 6 heteroatoms. The summed E-state index contributed by atoms with van der Waals surface area (Å²) in [5.41, 5.74) is -0.614. The van der Waals surface area contributed by atoms with Crippen LogP contribution in [0.25, 0.3) is 0 Å². The van der Waals surface area contributed by atoms with Gasteiger partial charge in [-0.25, -0.2) is 9.59 Å². The van der Waals surface area contributed by atoms with Gasteiger partial charge in [0.05, 0.1) is 12.7 Å². The minimum Gasteiger partial charge on any atom is -0.464 e. The molecule has 0 radical (unpaired) electrons. The average molecular weight is 285 g/mol. The Kier molecular flexibility index (Phi) is 3.95. The van der Waals surface area contributed by atoms with Crippen molar-refractivity contribution in [2.24, 2.45) is 5.92 Å². The van der Waals surface area contributed by atoms with Gasteiger partial charge in [-0.2, -0.15) is 0 Å². The number of fused-ring (bicyclic) bond motifs is 2. The quantitative estimate of drug-likeness (QED) is 0.774. The molecule has 0 spiro atoms. The second kappa shape index (κ2) is 5.24. The molecule has 1 saturated carbocycles. The van der Waals surface area contributed by atoms with Crippen LogP contribution >= 0.6 is 0 Å².